The summed E-state index contributed by atoms with van der Waals surface area (Å²) in [5.74, 6) is 3.35. The number of methoxy groups -OCH3 is 1. The first-order chi connectivity index (χ1) is 14.3. The van der Waals surface area contributed by atoms with Crippen molar-refractivity contribution in [3.63, 3.8) is 0 Å². The SMILES string of the molecule is COc1ccc2c(c1)CC(C(CCN)C1CCN(Cc3ccccc3)CC1)CC2. The zero-order chi connectivity index (χ0) is 20.1. The van der Waals surface area contributed by atoms with E-state index < -0.39 is 0 Å². The molecule has 1 fully saturated rings. The van der Waals surface area contributed by atoms with Crippen LogP contribution in [0.3, 0.4) is 0 Å². The predicted molar refractivity (Wildman–Crippen MR) is 120 cm³/mol. The molecule has 2 unspecified atom stereocenters. The van der Waals surface area contributed by atoms with Crippen LogP contribution in [-0.4, -0.2) is 31.6 Å². The summed E-state index contributed by atoms with van der Waals surface area (Å²) in [5, 5.41) is 0. The van der Waals surface area contributed by atoms with Crippen LogP contribution in [0.4, 0.5) is 0 Å². The van der Waals surface area contributed by atoms with E-state index in [0.29, 0.717) is 0 Å². The minimum absolute atomic E-state index is 0.762. The Balaban J connectivity index is 1.38. The van der Waals surface area contributed by atoms with Crippen LogP contribution in [0.5, 0.6) is 5.75 Å². The monoisotopic (exact) mass is 392 g/mol. The van der Waals surface area contributed by atoms with Crippen molar-refractivity contribution in [2.24, 2.45) is 23.5 Å². The van der Waals surface area contributed by atoms with Gasteiger partial charge in [-0.15, -0.1) is 0 Å². The van der Waals surface area contributed by atoms with Crippen molar-refractivity contribution in [1.29, 1.82) is 0 Å². The van der Waals surface area contributed by atoms with Gasteiger partial charge in [0.15, 0.2) is 0 Å². The van der Waals surface area contributed by atoms with E-state index in [1.54, 1.807) is 7.11 Å². The Morgan fingerprint density at radius 1 is 1.00 bits per heavy atom. The Morgan fingerprint density at radius 2 is 1.79 bits per heavy atom. The smallest absolute Gasteiger partial charge is 0.119 e. The summed E-state index contributed by atoms with van der Waals surface area (Å²) in [4.78, 5) is 2.63. The number of fused-ring (bicyclic) bond motifs is 1. The zero-order valence-electron chi connectivity index (χ0n) is 17.9. The Bertz CT molecular complexity index is 768. The third-order valence-corrected chi connectivity index (χ3v) is 7.27. The van der Waals surface area contributed by atoms with Gasteiger partial charge in [-0.05, 0) is 105 Å². The summed E-state index contributed by atoms with van der Waals surface area (Å²) >= 11 is 0. The number of likely N-dealkylation sites (tertiary alicyclic amines) is 1. The van der Waals surface area contributed by atoms with Gasteiger partial charge in [0.05, 0.1) is 7.11 Å². The van der Waals surface area contributed by atoms with E-state index in [0.717, 1.165) is 36.6 Å². The fraction of sp³-hybridized carbons (Fsp3) is 0.538. The topological polar surface area (TPSA) is 38.5 Å². The maximum Gasteiger partial charge on any atom is 0.119 e. The van der Waals surface area contributed by atoms with Crippen LogP contribution in [0.15, 0.2) is 48.5 Å². The molecule has 1 heterocycles. The largest absolute Gasteiger partial charge is 0.497 e. The van der Waals surface area contributed by atoms with Crippen LogP contribution in [0, 0.1) is 17.8 Å². The van der Waals surface area contributed by atoms with Crippen molar-refractivity contribution in [2.45, 2.75) is 45.1 Å². The minimum Gasteiger partial charge on any atom is -0.497 e. The van der Waals surface area contributed by atoms with Crippen LogP contribution in [0.25, 0.3) is 0 Å². The van der Waals surface area contributed by atoms with Crippen LogP contribution in [-0.2, 0) is 19.4 Å². The quantitative estimate of drug-likeness (QED) is 0.744. The molecule has 2 aromatic rings. The number of hydrogen-bond donors (Lipinski definition) is 1. The van der Waals surface area contributed by atoms with Gasteiger partial charge in [0.1, 0.15) is 5.75 Å². The molecule has 0 bridgehead atoms. The molecule has 0 radical (unpaired) electrons. The van der Waals surface area contributed by atoms with E-state index in [1.807, 2.05) is 0 Å². The number of benzene rings is 2. The standard InChI is InChI=1S/C26H36N2O/c1-29-25-10-9-21-7-8-23(17-24(21)18-25)26(11-14-27)22-12-15-28(16-13-22)19-20-5-3-2-4-6-20/h2-6,9-10,18,22-23,26H,7-8,11-17,19,27H2,1H3. The molecule has 156 valence electrons. The highest BCUT2D eigenvalue weighted by atomic mass is 16.5. The minimum atomic E-state index is 0.762. The van der Waals surface area contributed by atoms with Crippen LogP contribution < -0.4 is 10.5 Å². The molecule has 1 saturated heterocycles. The molecule has 1 aliphatic heterocycles. The van der Waals surface area contributed by atoms with Crippen molar-refractivity contribution in [3.8, 4) is 5.75 Å². The van der Waals surface area contributed by atoms with Crippen molar-refractivity contribution < 1.29 is 4.74 Å². The fourth-order valence-electron chi connectivity index (χ4n) is 5.68. The summed E-state index contributed by atoms with van der Waals surface area (Å²) in [5.41, 5.74) is 10.5. The Kier molecular flexibility index (Phi) is 6.89. The number of hydrogen-bond acceptors (Lipinski definition) is 3. The van der Waals surface area contributed by atoms with Crippen molar-refractivity contribution in [2.75, 3.05) is 26.7 Å². The van der Waals surface area contributed by atoms with Gasteiger partial charge in [0.25, 0.3) is 0 Å². The highest BCUT2D eigenvalue weighted by Crippen LogP contribution is 2.40. The molecular weight excluding hydrogens is 356 g/mol. The van der Waals surface area contributed by atoms with Gasteiger partial charge in [-0.2, -0.15) is 0 Å². The number of ether oxygens (including phenoxy) is 1. The lowest BCUT2D eigenvalue weighted by molar-refractivity contribution is 0.102. The van der Waals surface area contributed by atoms with Crippen molar-refractivity contribution in [1.82, 2.24) is 4.90 Å². The Hall–Kier alpha value is -1.84. The maximum absolute atomic E-state index is 6.08. The van der Waals surface area contributed by atoms with Gasteiger partial charge >= 0.3 is 0 Å². The van der Waals surface area contributed by atoms with E-state index in [4.69, 9.17) is 10.5 Å². The summed E-state index contributed by atoms with van der Waals surface area (Å²) in [6.07, 6.45) is 7.53. The Morgan fingerprint density at radius 3 is 2.52 bits per heavy atom. The number of aryl methyl sites for hydroxylation is 1. The van der Waals surface area contributed by atoms with E-state index in [-0.39, 0.29) is 0 Å². The lowest BCUT2D eigenvalue weighted by Crippen LogP contribution is -2.39. The number of nitrogens with two attached hydrogens (primary N) is 1. The first-order valence-electron chi connectivity index (χ1n) is 11.4. The average molecular weight is 393 g/mol. The predicted octanol–water partition coefficient (Wildman–Crippen LogP) is 4.68. The van der Waals surface area contributed by atoms with Gasteiger partial charge in [-0.3, -0.25) is 4.90 Å². The highest BCUT2D eigenvalue weighted by Gasteiger charge is 2.33. The molecule has 0 aromatic heterocycles. The summed E-state index contributed by atoms with van der Waals surface area (Å²) < 4.78 is 5.47. The lowest BCUT2D eigenvalue weighted by atomic mass is 9.68. The van der Waals surface area contributed by atoms with Gasteiger partial charge in [-0.1, -0.05) is 36.4 Å². The molecule has 0 saturated carbocycles. The summed E-state index contributed by atoms with van der Waals surface area (Å²) in [6.45, 7) is 4.34. The van der Waals surface area contributed by atoms with Crippen LogP contribution in [0.1, 0.15) is 42.4 Å². The van der Waals surface area contributed by atoms with E-state index in [2.05, 4.69) is 53.4 Å². The lowest BCUT2D eigenvalue weighted by Gasteiger charge is -2.41. The molecule has 2 atom stereocenters. The molecule has 2 aliphatic rings. The zero-order valence-corrected chi connectivity index (χ0v) is 17.9. The molecule has 2 aromatic carbocycles. The third kappa shape index (κ3) is 5.02. The van der Waals surface area contributed by atoms with Gasteiger partial charge in [0.2, 0.25) is 0 Å². The summed E-state index contributed by atoms with van der Waals surface area (Å²) in [7, 11) is 1.77. The average Bonchev–Trinajstić information content (AvgIpc) is 2.78. The van der Waals surface area contributed by atoms with E-state index in [9.17, 15) is 0 Å². The highest BCUT2D eigenvalue weighted by molar-refractivity contribution is 5.37. The first-order valence-corrected chi connectivity index (χ1v) is 11.4. The molecule has 3 nitrogen and oxygen atoms in total. The second kappa shape index (κ2) is 9.77. The maximum atomic E-state index is 6.08. The molecular formula is C26H36N2O. The number of rotatable bonds is 7. The number of nitrogens with zero attached hydrogens (tertiary/aromatic N) is 1. The van der Waals surface area contributed by atoms with Gasteiger partial charge < -0.3 is 10.5 Å². The summed E-state index contributed by atoms with van der Waals surface area (Å²) in [6, 6.07) is 17.5. The molecule has 0 spiro atoms. The molecule has 29 heavy (non-hydrogen) atoms. The second-order valence-electron chi connectivity index (χ2n) is 8.98. The van der Waals surface area contributed by atoms with Gasteiger partial charge in [0, 0.05) is 6.54 Å². The normalized spacial score (nSPS) is 21.5. The van der Waals surface area contributed by atoms with Crippen molar-refractivity contribution in [3.05, 3.63) is 65.2 Å². The molecule has 3 heteroatoms. The van der Waals surface area contributed by atoms with E-state index in [1.165, 1.54) is 68.3 Å². The molecule has 2 N–H and O–H groups in total. The Labute approximate surface area is 176 Å². The molecule has 4 rings (SSSR count). The van der Waals surface area contributed by atoms with E-state index >= 15 is 0 Å². The third-order valence-electron chi connectivity index (χ3n) is 7.27. The fourth-order valence-corrected chi connectivity index (χ4v) is 5.68. The first kappa shape index (κ1) is 20.4. The van der Waals surface area contributed by atoms with Crippen LogP contribution >= 0.6 is 0 Å². The number of piperidine rings is 1. The van der Waals surface area contributed by atoms with Crippen molar-refractivity contribution >= 4 is 0 Å². The molecule has 0 amide bonds. The molecule has 1 aliphatic carbocycles. The second-order valence-corrected chi connectivity index (χ2v) is 8.98. The van der Waals surface area contributed by atoms with Gasteiger partial charge in [-0.25, -0.2) is 0 Å². The van der Waals surface area contributed by atoms with Crippen LogP contribution in [0.2, 0.25) is 0 Å².